The van der Waals surface area contributed by atoms with Crippen LogP contribution in [0, 0.1) is 6.92 Å². The molecule has 0 radical (unpaired) electrons. The Kier molecular flexibility index (Phi) is 3.62. The fourth-order valence-corrected chi connectivity index (χ4v) is 2.09. The quantitative estimate of drug-likeness (QED) is 0.767. The minimum absolute atomic E-state index is 0.195. The zero-order valence-corrected chi connectivity index (χ0v) is 8.97. The SMILES string of the molecule is CCNOS(=O)(=O)c1ccccc1C. The van der Waals surface area contributed by atoms with Crippen LogP contribution in [0.2, 0.25) is 0 Å². The highest BCUT2D eigenvalue weighted by atomic mass is 32.2. The van der Waals surface area contributed by atoms with Crippen molar-refractivity contribution in [3.05, 3.63) is 29.8 Å². The lowest BCUT2D eigenvalue weighted by molar-refractivity contribution is 0.210. The summed E-state index contributed by atoms with van der Waals surface area (Å²) in [7, 11) is -3.66. The first-order chi connectivity index (χ1) is 6.58. The van der Waals surface area contributed by atoms with Crippen molar-refractivity contribution in [3.8, 4) is 0 Å². The van der Waals surface area contributed by atoms with Gasteiger partial charge in [0.1, 0.15) is 0 Å². The second-order valence-corrected chi connectivity index (χ2v) is 4.32. The first kappa shape index (κ1) is 11.2. The number of benzene rings is 1. The Morgan fingerprint density at radius 1 is 1.36 bits per heavy atom. The largest absolute Gasteiger partial charge is 0.313 e. The van der Waals surface area contributed by atoms with Crippen molar-refractivity contribution >= 4 is 10.1 Å². The molecule has 0 fully saturated rings. The Bertz CT molecular complexity index is 400. The van der Waals surface area contributed by atoms with Crippen LogP contribution >= 0.6 is 0 Å². The van der Waals surface area contributed by atoms with E-state index in [1.807, 2.05) is 0 Å². The molecule has 0 aliphatic carbocycles. The summed E-state index contributed by atoms with van der Waals surface area (Å²) in [6, 6.07) is 6.68. The molecule has 0 amide bonds. The minimum Gasteiger partial charge on any atom is -0.192 e. The third-order valence-corrected chi connectivity index (χ3v) is 3.01. The lowest BCUT2D eigenvalue weighted by Gasteiger charge is -2.06. The van der Waals surface area contributed by atoms with Gasteiger partial charge in [0.05, 0.1) is 4.90 Å². The molecule has 0 spiro atoms. The van der Waals surface area contributed by atoms with Crippen LogP contribution in [0.1, 0.15) is 12.5 Å². The molecule has 0 aliphatic heterocycles. The van der Waals surface area contributed by atoms with Gasteiger partial charge in [-0.05, 0) is 18.6 Å². The molecule has 78 valence electrons. The molecule has 1 aromatic carbocycles. The smallest absolute Gasteiger partial charge is 0.192 e. The average Bonchev–Trinajstić information content (AvgIpc) is 2.15. The lowest BCUT2D eigenvalue weighted by atomic mass is 10.2. The van der Waals surface area contributed by atoms with Crippen molar-refractivity contribution < 1.29 is 12.7 Å². The normalized spacial score (nSPS) is 11.6. The maximum atomic E-state index is 11.5. The molecular weight excluding hydrogens is 202 g/mol. The van der Waals surface area contributed by atoms with Crippen LogP contribution in [0.25, 0.3) is 0 Å². The van der Waals surface area contributed by atoms with Crippen LogP contribution in [0.15, 0.2) is 29.2 Å². The van der Waals surface area contributed by atoms with Crippen molar-refractivity contribution in [2.75, 3.05) is 6.54 Å². The van der Waals surface area contributed by atoms with Crippen molar-refractivity contribution in [2.45, 2.75) is 18.7 Å². The van der Waals surface area contributed by atoms with Crippen LogP contribution in [-0.4, -0.2) is 15.0 Å². The summed E-state index contributed by atoms with van der Waals surface area (Å²) in [5.74, 6) is 0. The first-order valence-electron chi connectivity index (χ1n) is 4.30. The van der Waals surface area contributed by atoms with Crippen molar-refractivity contribution in [2.24, 2.45) is 0 Å². The van der Waals surface area contributed by atoms with Gasteiger partial charge >= 0.3 is 10.1 Å². The van der Waals surface area contributed by atoms with E-state index in [0.717, 1.165) is 0 Å². The molecule has 0 aliphatic rings. The van der Waals surface area contributed by atoms with Gasteiger partial charge in [-0.1, -0.05) is 25.1 Å². The summed E-state index contributed by atoms with van der Waals surface area (Å²) < 4.78 is 27.6. The van der Waals surface area contributed by atoms with Crippen LogP contribution in [-0.2, 0) is 14.4 Å². The summed E-state index contributed by atoms with van der Waals surface area (Å²) in [4.78, 5) is 0.195. The predicted molar refractivity (Wildman–Crippen MR) is 53.1 cm³/mol. The number of aryl methyl sites for hydroxylation is 1. The Morgan fingerprint density at radius 2 is 2.00 bits per heavy atom. The lowest BCUT2D eigenvalue weighted by Crippen LogP contribution is -2.20. The van der Waals surface area contributed by atoms with Gasteiger partial charge in [0, 0.05) is 6.54 Å². The summed E-state index contributed by atoms with van der Waals surface area (Å²) in [5, 5.41) is 0. The van der Waals surface area contributed by atoms with E-state index < -0.39 is 10.1 Å². The second kappa shape index (κ2) is 4.54. The van der Waals surface area contributed by atoms with Crippen molar-refractivity contribution in [3.63, 3.8) is 0 Å². The van der Waals surface area contributed by atoms with E-state index in [2.05, 4.69) is 9.76 Å². The van der Waals surface area contributed by atoms with Gasteiger partial charge in [-0.2, -0.15) is 18.2 Å². The standard InChI is InChI=1S/C9H13NO3S/c1-3-10-13-14(11,12)9-7-5-4-6-8(9)2/h4-7,10H,3H2,1-2H3. The van der Waals surface area contributed by atoms with E-state index in [1.165, 1.54) is 6.07 Å². The Labute approximate surface area is 84.0 Å². The third kappa shape index (κ3) is 2.54. The highest BCUT2D eigenvalue weighted by Crippen LogP contribution is 2.15. The molecule has 5 heteroatoms. The van der Waals surface area contributed by atoms with Gasteiger partial charge in [-0.25, -0.2) is 0 Å². The van der Waals surface area contributed by atoms with E-state index in [4.69, 9.17) is 0 Å². The monoisotopic (exact) mass is 215 g/mol. The topological polar surface area (TPSA) is 55.4 Å². The molecular formula is C9H13NO3S. The van der Waals surface area contributed by atoms with E-state index in [9.17, 15) is 8.42 Å². The maximum Gasteiger partial charge on any atom is 0.313 e. The van der Waals surface area contributed by atoms with E-state index in [-0.39, 0.29) is 4.90 Å². The van der Waals surface area contributed by atoms with Crippen molar-refractivity contribution in [1.29, 1.82) is 0 Å². The van der Waals surface area contributed by atoms with Gasteiger partial charge < -0.3 is 0 Å². The van der Waals surface area contributed by atoms with E-state index in [0.29, 0.717) is 12.1 Å². The van der Waals surface area contributed by atoms with Crippen LogP contribution < -0.4 is 5.48 Å². The molecule has 1 rings (SSSR count). The van der Waals surface area contributed by atoms with E-state index >= 15 is 0 Å². The number of hydrogen-bond donors (Lipinski definition) is 1. The maximum absolute atomic E-state index is 11.5. The molecule has 0 atom stereocenters. The van der Waals surface area contributed by atoms with E-state index in [1.54, 1.807) is 32.0 Å². The Morgan fingerprint density at radius 3 is 2.57 bits per heavy atom. The Hall–Kier alpha value is -0.910. The molecule has 0 saturated carbocycles. The fraction of sp³-hybridized carbons (Fsp3) is 0.333. The van der Waals surface area contributed by atoms with Gasteiger partial charge in [0.2, 0.25) is 0 Å². The summed E-state index contributed by atoms with van der Waals surface area (Å²) in [5.41, 5.74) is 3.00. The summed E-state index contributed by atoms with van der Waals surface area (Å²) >= 11 is 0. The fourth-order valence-electron chi connectivity index (χ4n) is 1.02. The molecule has 0 aromatic heterocycles. The van der Waals surface area contributed by atoms with Gasteiger partial charge in [-0.15, -0.1) is 0 Å². The molecule has 0 heterocycles. The third-order valence-electron chi connectivity index (χ3n) is 1.68. The van der Waals surface area contributed by atoms with Gasteiger partial charge in [0.15, 0.2) is 0 Å². The predicted octanol–water partition coefficient (Wildman–Crippen LogP) is 1.22. The highest BCUT2D eigenvalue weighted by Gasteiger charge is 2.16. The molecule has 0 bridgehead atoms. The zero-order chi connectivity index (χ0) is 10.6. The minimum atomic E-state index is -3.66. The second-order valence-electron chi connectivity index (χ2n) is 2.80. The number of nitrogens with one attached hydrogen (secondary N) is 1. The highest BCUT2D eigenvalue weighted by molar-refractivity contribution is 7.86. The van der Waals surface area contributed by atoms with Crippen LogP contribution in [0.3, 0.4) is 0 Å². The zero-order valence-electron chi connectivity index (χ0n) is 8.15. The number of rotatable bonds is 4. The molecule has 0 saturated heterocycles. The van der Waals surface area contributed by atoms with Crippen molar-refractivity contribution in [1.82, 2.24) is 5.48 Å². The van der Waals surface area contributed by atoms with Gasteiger partial charge in [0.25, 0.3) is 0 Å². The summed E-state index contributed by atoms with van der Waals surface area (Å²) in [6.45, 7) is 3.92. The Balaban J connectivity index is 2.99. The molecule has 1 N–H and O–H groups in total. The molecule has 0 unspecified atom stereocenters. The summed E-state index contributed by atoms with van der Waals surface area (Å²) in [6.07, 6.45) is 0. The average molecular weight is 215 g/mol. The number of hydroxylamine groups is 1. The molecule has 1 aromatic rings. The van der Waals surface area contributed by atoms with Crippen LogP contribution in [0.4, 0.5) is 0 Å². The van der Waals surface area contributed by atoms with Crippen LogP contribution in [0.5, 0.6) is 0 Å². The molecule has 14 heavy (non-hydrogen) atoms. The number of hydrogen-bond acceptors (Lipinski definition) is 4. The first-order valence-corrected chi connectivity index (χ1v) is 5.70. The molecule has 4 nitrogen and oxygen atoms in total. The van der Waals surface area contributed by atoms with Gasteiger partial charge in [-0.3, -0.25) is 0 Å².